The summed E-state index contributed by atoms with van der Waals surface area (Å²) in [6.07, 6.45) is 2.16. The third-order valence-corrected chi connectivity index (χ3v) is 5.16. The van der Waals surface area contributed by atoms with Crippen LogP contribution in [0.2, 0.25) is 0 Å². The summed E-state index contributed by atoms with van der Waals surface area (Å²) < 4.78 is 29.1. The molecule has 1 saturated heterocycles. The fraction of sp³-hybridized carbons (Fsp3) is 0.533. The zero-order valence-corrected chi connectivity index (χ0v) is 13.8. The number of aliphatic hydroxyl groups is 1. The molecule has 0 aromatic heterocycles. The van der Waals surface area contributed by atoms with Gasteiger partial charge in [0, 0.05) is 19.3 Å². The monoisotopic (exact) mass is 327 g/mol. The zero-order valence-electron chi connectivity index (χ0n) is 13.0. The van der Waals surface area contributed by atoms with Gasteiger partial charge in [-0.05, 0) is 37.5 Å². The van der Waals surface area contributed by atoms with Gasteiger partial charge in [-0.1, -0.05) is 0 Å². The molecule has 1 atom stereocenters. The molecule has 0 aliphatic carbocycles. The summed E-state index contributed by atoms with van der Waals surface area (Å²) in [5, 5.41) is 9.82. The Morgan fingerprint density at radius 2 is 2.09 bits per heavy atom. The Morgan fingerprint density at radius 3 is 2.64 bits per heavy atom. The van der Waals surface area contributed by atoms with Crippen molar-refractivity contribution in [3.05, 3.63) is 23.3 Å². The second kappa shape index (κ2) is 6.26. The van der Waals surface area contributed by atoms with E-state index in [0.717, 1.165) is 12.7 Å². The van der Waals surface area contributed by atoms with E-state index in [1.807, 2.05) is 4.90 Å². The maximum Gasteiger partial charge on any atom is 0.338 e. The van der Waals surface area contributed by atoms with Crippen LogP contribution in [0.15, 0.2) is 17.0 Å². The number of benzene rings is 1. The Bertz CT molecular complexity index is 683. The fourth-order valence-corrected chi connectivity index (χ4v) is 4.14. The molecule has 7 heteroatoms. The lowest BCUT2D eigenvalue weighted by Gasteiger charge is -2.33. The van der Waals surface area contributed by atoms with Gasteiger partial charge < -0.3 is 14.7 Å². The number of methoxy groups -OCH3 is 1. The van der Waals surface area contributed by atoms with Crippen LogP contribution in [0.25, 0.3) is 0 Å². The van der Waals surface area contributed by atoms with Crippen LogP contribution in [0.1, 0.15) is 28.8 Å². The van der Waals surface area contributed by atoms with Crippen molar-refractivity contribution in [2.75, 3.05) is 31.4 Å². The molecule has 122 valence electrons. The molecule has 6 nitrogen and oxygen atoms in total. The predicted octanol–water partition coefficient (Wildman–Crippen LogP) is 1.15. The second-order valence-electron chi connectivity index (χ2n) is 5.59. The highest BCUT2D eigenvalue weighted by Gasteiger charge is 2.27. The van der Waals surface area contributed by atoms with Crippen LogP contribution < -0.4 is 4.90 Å². The first-order valence-electron chi connectivity index (χ1n) is 7.10. The molecule has 1 aromatic carbocycles. The molecule has 0 saturated carbocycles. The number of sulfone groups is 1. The number of piperidine rings is 1. The number of carbonyl (C=O) groups excluding carboxylic acids is 1. The maximum absolute atomic E-state index is 12.2. The smallest absolute Gasteiger partial charge is 0.338 e. The number of carbonyl (C=O) groups is 1. The zero-order chi connectivity index (χ0) is 16.5. The van der Waals surface area contributed by atoms with Crippen LogP contribution in [0.3, 0.4) is 0 Å². The van der Waals surface area contributed by atoms with Gasteiger partial charge in [0.2, 0.25) is 0 Å². The van der Waals surface area contributed by atoms with Gasteiger partial charge in [-0.15, -0.1) is 0 Å². The molecule has 0 bridgehead atoms. The van der Waals surface area contributed by atoms with Crippen LogP contribution >= 0.6 is 0 Å². The van der Waals surface area contributed by atoms with Crippen LogP contribution in [-0.2, 0) is 14.6 Å². The summed E-state index contributed by atoms with van der Waals surface area (Å²) in [4.78, 5) is 13.8. The molecular weight excluding hydrogens is 306 g/mol. The largest absolute Gasteiger partial charge is 0.465 e. The van der Waals surface area contributed by atoms with Gasteiger partial charge in [-0.25, -0.2) is 13.2 Å². The van der Waals surface area contributed by atoms with E-state index in [4.69, 9.17) is 4.74 Å². The topological polar surface area (TPSA) is 83.9 Å². The molecule has 0 radical (unpaired) electrons. The summed E-state index contributed by atoms with van der Waals surface area (Å²) in [6.45, 7) is 2.67. The highest BCUT2D eigenvalue weighted by molar-refractivity contribution is 7.91. The van der Waals surface area contributed by atoms with Crippen molar-refractivity contribution >= 4 is 21.5 Å². The average Bonchev–Trinajstić information content (AvgIpc) is 2.44. The van der Waals surface area contributed by atoms with Crippen LogP contribution in [0, 0.1) is 6.92 Å². The molecule has 1 aliphatic rings. The minimum atomic E-state index is -3.53. The molecule has 1 heterocycles. The first-order chi connectivity index (χ1) is 10.3. The van der Waals surface area contributed by atoms with Crippen molar-refractivity contribution in [1.29, 1.82) is 0 Å². The van der Waals surface area contributed by atoms with E-state index in [0.29, 0.717) is 30.8 Å². The standard InChI is InChI=1S/C15H21NO5S/c1-10-12(15(18)21-2)6-7-13(14(10)22(3,19)20)16-8-4-5-11(17)9-16/h6-7,11,17H,4-5,8-9H2,1-3H3. The van der Waals surface area contributed by atoms with E-state index in [1.165, 1.54) is 7.11 Å². The third-order valence-electron chi connectivity index (χ3n) is 3.90. The van der Waals surface area contributed by atoms with Gasteiger partial charge in [0.05, 0.1) is 29.4 Å². The van der Waals surface area contributed by atoms with Gasteiger partial charge in [-0.3, -0.25) is 0 Å². The molecule has 1 aromatic rings. The highest BCUT2D eigenvalue weighted by atomic mass is 32.2. The van der Waals surface area contributed by atoms with Crippen LogP contribution in [-0.4, -0.2) is 52.1 Å². The summed E-state index contributed by atoms with van der Waals surface area (Å²) in [5.74, 6) is -0.562. The van der Waals surface area contributed by atoms with E-state index >= 15 is 0 Å². The minimum absolute atomic E-state index is 0.129. The lowest BCUT2D eigenvalue weighted by atomic mass is 10.0. The molecular formula is C15H21NO5S. The van der Waals surface area contributed by atoms with Crippen LogP contribution in [0.5, 0.6) is 0 Å². The number of β-amino-alcohol motifs (C(OH)–C–C–N with tert-alkyl or cyclic N) is 1. The maximum atomic E-state index is 12.2. The number of hydrogen-bond acceptors (Lipinski definition) is 6. The molecule has 1 fully saturated rings. The number of ether oxygens (including phenoxy) is 1. The van der Waals surface area contributed by atoms with E-state index in [9.17, 15) is 18.3 Å². The number of aliphatic hydroxyl groups excluding tert-OH is 1. The quantitative estimate of drug-likeness (QED) is 0.838. The van der Waals surface area contributed by atoms with Crippen molar-refractivity contribution in [3.8, 4) is 0 Å². The Balaban J connectivity index is 2.60. The Labute approximate surface area is 130 Å². The SMILES string of the molecule is COC(=O)c1ccc(N2CCCC(O)C2)c(S(C)(=O)=O)c1C. The second-order valence-corrected chi connectivity index (χ2v) is 7.54. The number of rotatable bonds is 3. The molecule has 0 amide bonds. The van der Waals surface area contributed by atoms with E-state index in [-0.39, 0.29) is 10.5 Å². The van der Waals surface area contributed by atoms with Gasteiger partial charge in [0.15, 0.2) is 9.84 Å². The molecule has 1 aliphatic heterocycles. The van der Waals surface area contributed by atoms with Crippen LogP contribution in [0.4, 0.5) is 5.69 Å². The lowest BCUT2D eigenvalue weighted by Crippen LogP contribution is -2.39. The van der Waals surface area contributed by atoms with Crippen molar-refractivity contribution in [3.63, 3.8) is 0 Å². The molecule has 1 unspecified atom stereocenters. The third kappa shape index (κ3) is 3.25. The Morgan fingerprint density at radius 1 is 1.41 bits per heavy atom. The summed E-state index contributed by atoms with van der Waals surface area (Å²) in [6, 6.07) is 3.19. The number of hydrogen-bond donors (Lipinski definition) is 1. The first kappa shape index (κ1) is 16.8. The first-order valence-corrected chi connectivity index (χ1v) is 9.00. The summed E-state index contributed by atoms with van der Waals surface area (Å²) in [7, 11) is -2.27. The van der Waals surface area contributed by atoms with Crippen molar-refractivity contribution in [2.45, 2.75) is 30.8 Å². The van der Waals surface area contributed by atoms with E-state index in [2.05, 4.69) is 0 Å². The van der Waals surface area contributed by atoms with Gasteiger partial charge in [0.25, 0.3) is 0 Å². The Kier molecular flexibility index (Phi) is 4.77. The molecule has 1 N–H and O–H groups in total. The summed E-state index contributed by atoms with van der Waals surface area (Å²) in [5.41, 5.74) is 1.16. The fourth-order valence-electron chi connectivity index (χ4n) is 2.90. The molecule has 0 spiro atoms. The number of anilines is 1. The van der Waals surface area contributed by atoms with Crippen molar-refractivity contribution < 1.29 is 23.1 Å². The lowest BCUT2D eigenvalue weighted by molar-refractivity contribution is 0.0599. The van der Waals surface area contributed by atoms with Crippen molar-refractivity contribution in [2.24, 2.45) is 0 Å². The molecule has 2 rings (SSSR count). The van der Waals surface area contributed by atoms with Crippen molar-refractivity contribution in [1.82, 2.24) is 0 Å². The summed E-state index contributed by atoms with van der Waals surface area (Å²) >= 11 is 0. The minimum Gasteiger partial charge on any atom is -0.465 e. The average molecular weight is 327 g/mol. The normalized spacial score (nSPS) is 19.1. The highest BCUT2D eigenvalue weighted by Crippen LogP contribution is 2.32. The van der Waals surface area contributed by atoms with E-state index < -0.39 is 21.9 Å². The number of esters is 1. The van der Waals surface area contributed by atoms with Gasteiger partial charge in [-0.2, -0.15) is 0 Å². The van der Waals surface area contributed by atoms with E-state index in [1.54, 1.807) is 19.1 Å². The van der Waals surface area contributed by atoms with Gasteiger partial charge in [0.1, 0.15) is 0 Å². The predicted molar refractivity (Wildman–Crippen MR) is 83.1 cm³/mol. The molecule has 22 heavy (non-hydrogen) atoms. The number of nitrogens with zero attached hydrogens (tertiary/aromatic N) is 1. The van der Waals surface area contributed by atoms with Gasteiger partial charge >= 0.3 is 5.97 Å². The Hall–Kier alpha value is -1.60.